The van der Waals surface area contributed by atoms with E-state index in [9.17, 15) is 4.79 Å². The second kappa shape index (κ2) is 7.67. The van der Waals surface area contributed by atoms with Crippen LogP contribution >= 0.6 is 0 Å². The number of aromatic nitrogens is 2. The first-order chi connectivity index (χ1) is 14.1. The van der Waals surface area contributed by atoms with Crippen LogP contribution in [0, 0.1) is 6.92 Å². The summed E-state index contributed by atoms with van der Waals surface area (Å²) in [5.74, 6) is 1.22. The largest absolute Gasteiger partial charge is 0.497 e. The van der Waals surface area contributed by atoms with Gasteiger partial charge in [-0.1, -0.05) is 35.9 Å². The van der Waals surface area contributed by atoms with Gasteiger partial charge in [-0.3, -0.25) is 9.89 Å². The van der Waals surface area contributed by atoms with Gasteiger partial charge >= 0.3 is 0 Å². The SMILES string of the molecule is COc1ccc(C(=O)Nc2n[nH]c3cc(-c4cccc(C)c4)ccc23)c(OC)c1. The molecule has 146 valence electrons. The Bertz CT molecular complexity index is 1200. The molecule has 3 aromatic carbocycles. The Hall–Kier alpha value is -3.80. The lowest BCUT2D eigenvalue weighted by atomic mass is 10.0. The summed E-state index contributed by atoms with van der Waals surface area (Å²) in [4.78, 5) is 12.8. The van der Waals surface area contributed by atoms with Gasteiger partial charge in [-0.15, -0.1) is 0 Å². The fraction of sp³-hybridized carbons (Fsp3) is 0.130. The molecule has 4 aromatic rings. The number of rotatable bonds is 5. The average Bonchev–Trinajstić information content (AvgIpc) is 3.15. The molecular formula is C23H21N3O3. The molecule has 0 aliphatic heterocycles. The van der Waals surface area contributed by atoms with Crippen molar-refractivity contribution in [3.63, 3.8) is 0 Å². The predicted octanol–water partition coefficient (Wildman–Crippen LogP) is 4.81. The van der Waals surface area contributed by atoms with Crippen molar-refractivity contribution in [2.24, 2.45) is 0 Å². The fourth-order valence-electron chi connectivity index (χ4n) is 3.28. The second-order valence-corrected chi connectivity index (χ2v) is 6.72. The molecule has 0 radical (unpaired) electrons. The Balaban J connectivity index is 1.63. The number of methoxy groups -OCH3 is 2. The van der Waals surface area contributed by atoms with Crippen molar-refractivity contribution in [1.82, 2.24) is 10.2 Å². The quantitative estimate of drug-likeness (QED) is 0.515. The first-order valence-electron chi connectivity index (χ1n) is 9.17. The van der Waals surface area contributed by atoms with Crippen molar-refractivity contribution in [1.29, 1.82) is 0 Å². The summed E-state index contributed by atoms with van der Waals surface area (Å²) < 4.78 is 10.5. The molecule has 4 rings (SSSR count). The highest BCUT2D eigenvalue weighted by Crippen LogP contribution is 2.29. The number of nitrogens with zero attached hydrogens (tertiary/aromatic N) is 1. The van der Waals surface area contributed by atoms with E-state index in [0.29, 0.717) is 22.9 Å². The highest BCUT2D eigenvalue weighted by Gasteiger charge is 2.16. The van der Waals surface area contributed by atoms with E-state index in [2.05, 4.69) is 40.6 Å². The van der Waals surface area contributed by atoms with E-state index >= 15 is 0 Å². The number of hydrogen-bond acceptors (Lipinski definition) is 4. The van der Waals surface area contributed by atoms with E-state index in [1.54, 1.807) is 25.3 Å². The normalized spacial score (nSPS) is 10.7. The van der Waals surface area contributed by atoms with Crippen molar-refractivity contribution < 1.29 is 14.3 Å². The van der Waals surface area contributed by atoms with E-state index in [1.807, 2.05) is 24.3 Å². The van der Waals surface area contributed by atoms with Crippen LogP contribution in [0.25, 0.3) is 22.0 Å². The van der Waals surface area contributed by atoms with Crippen molar-refractivity contribution in [3.8, 4) is 22.6 Å². The number of anilines is 1. The van der Waals surface area contributed by atoms with Crippen LogP contribution in [0.3, 0.4) is 0 Å². The average molecular weight is 387 g/mol. The molecule has 0 aliphatic rings. The number of carbonyl (C=O) groups is 1. The molecular weight excluding hydrogens is 366 g/mol. The zero-order valence-electron chi connectivity index (χ0n) is 16.4. The summed E-state index contributed by atoms with van der Waals surface area (Å²) >= 11 is 0. The number of carbonyl (C=O) groups excluding carboxylic acids is 1. The Morgan fingerprint density at radius 1 is 0.966 bits per heavy atom. The molecule has 0 unspecified atom stereocenters. The minimum Gasteiger partial charge on any atom is -0.497 e. The highest BCUT2D eigenvalue weighted by atomic mass is 16.5. The standard InChI is InChI=1S/C23H21N3O3/c1-14-5-4-6-15(11-14)16-7-9-18-20(12-16)25-26-22(18)24-23(27)19-10-8-17(28-2)13-21(19)29-3/h4-13H,1-3H3,(H2,24,25,26,27). The van der Waals surface area contributed by atoms with Crippen LogP contribution in [0.15, 0.2) is 60.7 Å². The number of aromatic amines is 1. The maximum absolute atomic E-state index is 12.8. The third-order valence-electron chi connectivity index (χ3n) is 4.80. The van der Waals surface area contributed by atoms with E-state index in [4.69, 9.17) is 9.47 Å². The zero-order chi connectivity index (χ0) is 20.4. The van der Waals surface area contributed by atoms with Crippen molar-refractivity contribution in [2.45, 2.75) is 6.92 Å². The Morgan fingerprint density at radius 3 is 2.55 bits per heavy atom. The van der Waals surface area contributed by atoms with E-state index < -0.39 is 0 Å². The lowest BCUT2D eigenvalue weighted by molar-refractivity contribution is 0.102. The molecule has 1 heterocycles. The molecule has 0 aliphatic carbocycles. The number of hydrogen-bond donors (Lipinski definition) is 2. The molecule has 0 saturated heterocycles. The summed E-state index contributed by atoms with van der Waals surface area (Å²) in [5, 5.41) is 11.0. The van der Waals surface area contributed by atoms with Crippen LogP contribution in [0.2, 0.25) is 0 Å². The van der Waals surface area contributed by atoms with Gasteiger partial charge in [-0.25, -0.2) is 0 Å². The third kappa shape index (κ3) is 3.65. The van der Waals surface area contributed by atoms with Gasteiger partial charge in [-0.05, 0) is 42.3 Å². The summed E-state index contributed by atoms with van der Waals surface area (Å²) in [6, 6.07) is 19.4. The number of H-pyrrole nitrogens is 1. The smallest absolute Gasteiger partial charge is 0.260 e. The van der Waals surface area contributed by atoms with Crippen molar-refractivity contribution >= 4 is 22.6 Å². The Kier molecular flexibility index (Phi) is 4.91. The maximum atomic E-state index is 12.8. The van der Waals surface area contributed by atoms with E-state index in [-0.39, 0.29) is 5.91 Å². The minimum atomic E-state index is -0.305. The van der Waals surface area contributed by atoms with Gasteiger partial charge in [0, 0.05) is 11.5 Å². The summed E-state index contributed by atoms with van der Waals surface area (Å²) in [7, 11) is 3.08. The molecule has 0 atom stereocenters. The maximum Gasteiger partial charge on any atom is 0.260 e. The first kappa shape index (κ1) is 18.6. The lowest BCUT2D eigenvalue weighted by Gasteiger charge is -2.10. The Morgan fingerprint density at radius 2 is 1.79 bits per heavy atom. The van der Waals surface area contributed by atoms with Crippen LogP contribution in [0.5, 0.6) is 11.5 Å². The Labute approximate surface area is 168 Å². The van der Waals surface area contributed by atoms with Crippen LogP contribution in [-0.4, -0.2) is 30.3 Å². The summed E-state index contributed by atoms with van der Waals surface area (Å²) in [6.45, 7) is 2.07. The summed E-state index contributed by atoms with van der Waals surface area (Å²) in [6.07, 6.45) is 0. The van der Waals surface area contributed by atoms with Gasteiger partial charge in [0.05, 0.1) is 25.3 Å². The molecule has 0 fully saturated rings. The van der Waals surface area contributed by atoms with Crippen LogP contribution in [-0.2, 0) is 0 Å². The molecule has 6 nitrogen and oxygen atoms in total. The van der Waals surface area contributed by atoms with Crippen LogP contribution in [0.1, 0.15) is 15.9 Å². The predicted molar refractivity (Wildman–Crippen MR) is 114 cm³/mol. The van der Waals surface area contributed by atoms with Crippen molar-refractivity contribution in [2.75, 3.05) is 19.5 Å². The second-order valence-electron chi connectivity index (χ2n) is 6.72. The molecule has 0 saturated carbocycles. The molecule has 1 aromatic heterocycles. The lowest BCUT2D eigenvalue weighted by Crippen LogP contribution is -2.13. The number of nitrogens with one attached hydrogen (secondary N) is 2. The molecule has 6 heteroatoms. The molecule has 0 bridgehead atoms. The van der Waals surface area contributed by atoms with Crippen LogP contribution < -0.4 is 14.8 Å². The van der Waals surface area contributed by atoms with Gasteiger partial charge in [-0.2, -0.15) is 5.10 Å². The zero-order valence-corrected chi connectivity index (χ0v) is 16.4. The molecule has 1 amide bonds. The number of fused-ring (bicyclic) bond motifs is 1. The molecule has 0 spiro atoms. The fourth-order valence-corrected chi connectivity index (χ4v) is 3.28. The topological polar surface area (TPSA) is 76.2 Å². The van der Waals surface area contributed by atoms with Gasteiger partial charge in [0.25, 0.3) is 5.91 Å². The minimum absolute atomic E-state index is 0.305. The number of amides is 1. The van der Waals surface area contributed by atoms with Gasteiger partial charge in [0.1, 0.15) is 11.5 Å². The highest BCUT2D eigenvalue weighted by molar-refractivity contribution is 6.09. The third-order valence-corrected chi connectivity index (χ3v) is 4.80. The summed E-state index contributed by atoms with van der Waals surface area (Å²) in [5.41, 5.74) is 4.67. The number of aryl methyl sites for hydroxylation is 1. The molecule has 2 N–H and O–H groups in total. The van der Waals surface area contributed by atoms with E-state index in [0.717, 1.165) is 22.0 Å². The van der Waals surface area contributed by atoms with Crippen LogP contribution in [0.4, 0.5) is 5.82 Å². The van der Waals surface area contributed by atoms with Crippen molar-refractivity contribution in [3.05, 3.63) is 71.8 Å². The van der Waals surface area contributed by atoms with E-state index in [1.165, 1.54) is 12.7 Å². The van der Waals surface area contributed by atoms with Gasteiger partial charge < -0.3 is 14.8 Å². The first-order valence-corrected chi connectivity index (χ1v) is 9.17. The number of ether oxygens (including phenoxy) is 2. The molecule has 29 heavy (non-hydrogen) atoms. The number of benzene rings is 3. The monoisotopic (exact) mass is 387 g/mol. The van der Waals surface area contributed by atoms with Gasteiger partial charge in [0.15, 0.2) is 5.82 Å². The van der Waals surface area contributed by atoms with Gasteiger partial charge in [0.2, 0.25) is 0 Å².